The summed E-state index contributed by atoms with van der Waals surface area (Å²) in [6.45, 7) is 8.68. The van der Waals surface area contributed by atoms with Gasteiger partial charge in [0.2, 0.25) is 5.91 Å². The molecule has 0 heterocycles. The lowest BCUT2D eigenvalue weighted by atomic mass is 10.1. The smallest absolute Gasteiger partial charge is 0.224 e. The number of ether oxygens (including phenoxy) is 1. The highest BCUT2D eigenvalue weighted by atomic mass is 16.5. The van der Waals surface area contributed by atoms with Crippen molar-refractivity contribution in [1.82, 2.24) is 0 Å². The van der Waals surface area contributed by atoms with E-state index in [2.05, 4.69) is 23.5 Å². The van der Waals surface area contributed by atoms with Crippen molar-refractivity contribution in [2.45, 2.75) is 40.5 Å². The summed E-state index contributed by atoms with van der Waals surface area (Å²) < 4.78 is 5.78. The zero-order chi connectivity index (χ0) is 16.8. The van der Waals surface area contributed by atoms with Gasteiger partial charge in [0.15, 0.2) is 0 Å². The fourth-order valence-corrected chi connectivity index (χ4v) is 2.55. The van der Waals surface area contributed by atoms with Gasteiger partial charge in [-0.1, -0.05) is 18.2 Å². The third-order valence-corrected chi connectivity index (χ3v) is 3.65. The SMILES string of the molecule is Cc1cc(C)cc(NC(=O)CCCOc2cc(C)ccc2C)c1. The summed E-state index contributed by atoms with van der Waals surface area (Å²) in [4.78, 5) is 12.0. The van der Waals surface area contributed by atoms with E-state index in [9.17, 15) is 4.79 Å². The van der Waals surface area contributed by atoms with Crippen molar-refractivity contribution in [3.63, 3.8) is 0 Å². The number of anilines is 1. The van der Waals surface area contributed by atoms with E-state index in [1.807, 2.05) is 45.9 Å². The van der Waals surface area contributed by atoms with Crippen molar-refractivity contribution in [2.75, 3.05) is 11.9 Å². The molecule has 122 valence electrons. The van der Waals surface area contributed by atoms with Crippen LogP contribution in [-0.2, 0) is 4.79 Å². The number of carbonyl (C=O) groups excluding carboxylic acids is 1. The Morgan fingerprint density at radius 2 is 1.65 bits per heavy atom. The van der Waals surface area contributed by atoms with Crippen LogP contribution in [-0.4, -0.2) is 12.5 Å². The highest BCUT2D eigenvalue weighted by Crippen LogP contribution is 2.19. The van der Waals surface area contributed by atoms with E-state index in [-0.39, 0.29) is 5.91 Å². The van der Waals surface area contributed by atoms with Crippen LogP contribution in [0.15, 0.2) is 36.4 Å². The third-order valence-electron chi connectivity index (χ3n) is 3.65. The molecule has 2 aromatic carbocycles. The van der Waals surface area contributed by atoms with Gasteiger partial charge in [-0.3, -0.25) is 4.79 Å². The molecule has 2 rings (SSSR count). The van der Waals surface area contributed by atoms with Crippen LogP contribution in [0, 0.1) is 27.7 Å². The first-order valence-electron chi connectivity index (χ1n) is 8.02. The number of benzene rings is 2. The van der Waals surface area contributed by atoms with Crippen LogP contribution in [0.2, 0.25) is 0 Å². The van der Waals surface area contributed by atoms with Crippen molar-refractivity contribution in [3.8, 4) is 5.75 Å². The molecule has 23 heavy (non-hydrogen) atoms. The molecule has 0 saturated carbocycles. The van der Waals surface area contributed by atoms with Crippen LogP contribution >= 0.6 is 0 Å². The Morgan fingerprint density at radius 3 is 2.35 bits per heavy atom. The summed E-state index contributed by atoms with van der Waals surface area (Å²) in [7, 11) is 0. The maximum Gasteiger partial charge on any atom is 0.224 e. The first kappa shape index (κ1) is 17.1. The van der Waals surface area contributed by atoms with E-state index < -0.39 is 0 Å². The Morgan fingerprint density at radius 1 is 0.957 bits per heavy atom. The fraction of sp³-hybridized carbons (Fsp3) is 0.350. The van der Waals surface area contributed by atoms with Gasteiger partial charge in [0, 0.05) is 12.1 Å². The standard InChI is InChI=1S/C20H25NO2/c1-14-7-8-17(4)19(13-14)23-9-5-6-20(22)21-18-11-15(2)10-16(3)12-18/h7-8,10-13H,5-6,9H2,1-4H3,(H,21,22). The quantitative estimate of drug-likeness (QED) is 0.784. The predicted molar refractivity (Wildman–Crippen MR) is 95.2 cm³/mol. The number of carbonyl (C=O) groups is 1. The van der Waals surface area contributed by atoms with Crippen LogP contribution in [0.5, 0.6) is 5.75 Å². The lowest BCUT2D eigenvalue weighted by Gasteiger charge is -2.10. The van der Waals surface area contributed by atoms with E-state index in [4.69, 9.17) is 4.74 Å². The second-order valence-electron chi connectivity index (χ2n) is 6.15. The van der Waals surface area contributed by atoms with Crippen LogP contribution in [0.3, 0.4) is 0 Å². The molecule has 0 aliphatic carbocycles. The Kier molecular flexibility index (Phi) is 5.80. The molecule has 0 radical (unpaired) electrons. The first-order valence-corrected chi connectivity index (χ1v) is 8.02. The Balaban J connectivity index is 1.77. The predicted octanol–water partition coefficient (Wildman–Crippen LogP) is 4.72. The number of hydrogen-bond acceptors (Lipinski definition) is 2. The molecular formula is C20H25NO2. The number of hydrogen-bond donors (Lipinski definition) is 1. The summed E-state index contributed by atoms with van der Waals surface area (Å²) in [6, 6.07) is 12.2. The molecule has 0 spiro atoms. The summed E-state index contributed by atoms with van der Waals surface area (Å²) in [5, 5.41) is 2.95. The minimum absolute atomic E-state index is 0.0274. The summed E-state index contributed by atoms with van der Waals surface area (Å²) >= 11 is 0. The van der Waals surface area contributed by atoms with Crippen LogP contribution in [0.4, 0.5) is 5.69 Å². The van der Waals surface area contributed by atoms with Crippen molar-refractivity contribution < 1.29 is 9.53 Å². The van der Waals surface area contributed by atoms with Crippen molar-refractivity contribution >= 4 is 11.6 Å². The van der Waals surface area contributed by atoms with Crippen LogP contribution < -0.4 is 10.1 Å². The molecule has 3 nitrogen and oxygen atoms in total. The van der Waals surface area contributed by atoms with Crippen LogP contribution in [0.25, 0.3) is 0 Å². The maximum atomic E-state index is 12.0. The lowest BCUT2D eigenvalue weighted by molar-refractivity contribution is -0.116. The molecule has 0 fully saturated rings. The lowest BCUT2D eigenvalue weighted by Crippen LogP contribution is -2.13. The fourth-order valence-electron chi connectivity index (χ4n) is 2.55. The number of aryl methyl sites for hydroxylation is 4. The van der Waals surface area contributed by atoms with Gasteiger partial charge in [-0.25, -0.2) is 0 Å². The second-order valence-corrected chi connectivity index (χ2v) is 6.15. The number of nitrogens with one attached hydrogen (secondary N) is 1. The normalized spacial score (nSPS) is 10.4. The maximum absolute atomic E-state index is 12.0. The first-order chi connectivity index (χ1) is 10.9. The van der Waals surface area contributed by atoms with Gasteiger partial charge in [-0.05, 0) is 74.6 Å². The molecular weight excluding hydrogens is 286 g/mol. The average Bonchev–Trinajstić information content (AvgIpc) is 2.46. The molecule has 3 heteroatoms. The summed E-state index contributed by atoms with van der Waals surface area (Å²) in [5.74, 6) is 0.930. The molecule has 0 unspecified atom stereocenters. The van der Waals surface area contributed by atoms with E-state index >= 15 is 0 Å². The van der Waals surface area contributed by atoms with E-state index in [0.717, 1.165) is 28.1 Å². The highest BCUT2D eigenvalue weighted by Gasteiger charge is 2.05. The van der Waals surface area contributed by atoms with Gasteiger partial charge in [-0.2, -0.15) is 0 Å². The van der Waals surface area contributed by atoms with E-state index in [0.29, 0.717) is 19.4 Å². The molecule has 0 aliphatic heterocycles. The molecule has 0 atom stereocenters. The number of amides is 1. The highest BCUT2D eigenvalue weighted by molar-refractivity contribution is 5.90. The summed E-state index contributed by atoms with van der Waals surface area (Å²) in [6.07, 6.45) is 1.15. The molecule has 2 aromatic rings. The number of rotatable bonds is 6. The van der Waals surface area contributed by atoms with Gasteiger partial charge >= 0.3 is 0 Å². The van der Waals surface area contributed by atoms with Gasteiger partial charge in [0.05, 0.1) is 6.61 Å². The third kappa shape index (κ3) is 5.44. The zero-order valence-electron chi connectivity index (χ0n) is 14.4. The Labute approximate surface area is 138 Å². The molecule has 0 aromatic heterocycles. The van der Waals surface area contributed by atoms with Crippen molar-refractivity contribution in [3.05, 3.63) is 58.7 Å². The minimum Gasteiger partial charge on any atom is -0.493 e. The monoisotopic (exact) mass is 311 g/mol. The molecule has 1 N–H and O–H groups in total. The van der Waals surface area contributed by atoms with Gasteiger partial charge in [0.1, 0.15) is 5.75 Å². The zero-order valence-corrected chi connectivity index (χ0v) is 14.4. The average molecular weight is 311 g/mol. The second kappa shape index (κ2) is 7.82. The molecule has 0 aliphatic rings. The van der Waals surface area contributed by atoms with Gasteiger partial charge in [-0.15, -0.1) is 0 Å². The molecule has 1 amide bonds. The van der Waals surface area contributed by atoms with Gasteiger partial charge < -0.3 is 10.1 Å². The topological polar surface area (TPSA) is 38.3 Å². The summed E-state index contributed by atoms with van der Waals surface area (Å²) in [5.41, 5.74) is 5.47. The van der Waals surface area contributed by atoms with Crippen molar-refractivity contribution in [2.24, 2.45) is 0 Å². The van der Waals surface area contributed by atoms with Crippen molar-refractivity contribution in [1.29, 1.82) is 0 Å². The minimum atomic E-state index is 0.0274. The Hall–Kier alpha value is -2.29. The van der Waals surface area contributed by atoms with E-state index in [1.165, 1.54) is 5.56 Å². The largest absolute Gasteiger partial charge is 0.493 e. The van der Waals surface area contributed by atoms with Gasteiger partial charge in [0.25, 0.3) is 0 Å². The Bertz CT molecular complexity index is 672. The van der Waals surface area contributed by atoms with E-state index in [1.54, 1.807) is 0 Å². The molecule has 0 saturated heterocycles. The van der Waals surface area contributed by atoms with Crippen LogP contribution in [0.1, 0.15) is 35.1 Å². The molecule has 0 bridgehead atoms.